The molecule has 2 aromatic carbocycles. The van der Waals surface area contributed by atoms with Gasteiger partial charge < -0.3 is 19.8 Å². The maximum atomic E-state index is 13.0. The Morgan fingerprint density at radius 1 is 1.06 bits per heavy atom. The van der Waals surface area contributed by atoms with Gasteiger partial charge in [0.05, 0.1) is 36.4 Å². The molecule has 0 aliphatic carbocycles. The molecule has 1 saturated heterocycles. The highest BCUT2D eigenvalue weighted by molar-refractivity contribution is 6.46. The van der Waals surface area contributed by atoms with Crippen molar-refractivity contribution in [2.75, 3.05) is 26.4 Å². The van der Waals surface area contributed by atoms with Crippen LogP contribution in [0.3, 0.4) is 0 Å². The number of carbonyl (C=O) groups is 2. The predicted octanol–water partition coefficient (Wildman–Crippen LogP) is 3.32. The lowest BCUT2D eigenvalue weighted by Gasteiger charge is -2.26. The lowest BCUT2D eigenvalue weighted by molar-refractivity contribution is -0.384. The van der Waals surface area contributed by atoms with Crippen molar-refractivity contribution < 1.29 is 29.5 Å². The van der Waals surface area contributed by atoms with Crippen molar-refractivity contribution in [3.8, 4) is 0 Å². The fourth-order valence-corrected chi connectivity index (χ4v) is 3.85. The van der Waals surface area contributed by atoms with Gasteiger partial charge in [-0.25, -0.2) is 0 Å². The Hall–Kier alpha value is -3.56. The molecule has 0 aromatic heterocycles. The zero-order valence-corrected chi connectivity index (χ0v) is 19.4. The number of carbonyl (C=O) groups excluding carboxylic acids is 2. The van der Waals surface area contributed by atoms with E-state index in [1.165, 1.54) is 29.2 Å². The Balaban J connectivity index is 2.07. The number of ketones is 1. The Morgan fingerprint density at radius 3 is 2.21 bits per heavy atom. The zero-order valence-electron chi connectivity index (χ0n) is 19.4. The minimum absolute atomic E-state index is 0.0767. The van der Waals surface area contributed by atoms with Crippen molar-refractivity contribution in [2.24, 2.45) is 0 Å². The molecule has 9 nitrogen and oxygen atoms in total. The number of amides is 1. The molecule has 1 aliphatic rings. The monoisotopic (exact) mass is 468 g/mol. The SMILES string of the molecule is CC(C)(C)c1ccc([C@@H]2C(=C(O)c3ccc([N+](=O)[O-])cc3)C(=O)C(=O)N2CCOCCO)cc1. The second-order valence-electron chi connectivity index (χ2n) is 9.00. The number of nitro groups is 1. The summed E-state index contributed by atoms with van der Waals surface area (Å²) in [5.74, 6) is -2.03. The van der Waals surface area contributed by atoms with Crippen molar-refractivity contribution in [1.29, 1.82) is 0 Å². The van der Waals surface area contributed by atoms with E-state index in [0.717, 1.165) is 5.56 Å². The van der Waals surface area contributed by atoms with E-state index < -0.39 is 28.4 Å². The number of ether oxygens (including phenoxy) is 1. The van der Waals surface area contributed by atoms with Gasteiger partial charge in [-0.1, -0.05) is 45.0 Å². The van der Waals surface area contributed by atoms with Crippen molar-refractivity contribution in [1.82, 2.24) is 4.90 Å². The third-order valence-corrected chi connectivity index (χ3v) is 5.70. The number of hydrogen-bond acceptors (Lipinski definition) is 7. The molecule has 9 heteroatoms. The smallest absolute Gasteiger partial charge is 0.295 e. The maximum Gasteiger partial charge on any atom is 0.295 e. The van der Waals surface area contributed by atoms with E-state index in [2.05, 4.69) is 20.8 Å². The Labute approximate surface area is 197 Å². The highest BCUT2D eigenvalue weighted by atomic mass is 16.6. The summed E-state index contributed by atoms with van der Waals surface area (Å²) in [6.07, 6.45) is 0. The molecule has 0 spiro atoms. The molecule has 180 valence electrons. The minimum atomic E-state index is -0.859. The number of likely N-dealkylation sites (tertiary alicyclic amines) is 1. The first kappa shape index (κ1) is 25.1. The van der Waals surface area contributed by atoms with Crippen molar-refractivity contribution >= 4 is 23.1 Å². The molecule has 34 heavy (non-hydrogen) atoms. The maximum absolute atomic E-state index is 13.0. The number of rotatable bonds is 8. The van der Waals surface area contributed by atoms with Crippen LogP contribution in [0.4, 0.5) is 5.69 Å². The van der Waals surface area contributed by atoms with Crippen molar-refractivity contribution in [3.05, 3.63) is 80.9 Å². The predicted molar refractivity (Wildman–Crippen MR) is 125 cm³/mol. The largest absolute Gasteiger partial charge is 0.507 e. The van der Waals surface area contributed by atoms with Crippen LogP contribution in [-0.2, 0) is 19.7 Å². The van der Waals surface area contributed by atoms with Crippen LogP contribution >= 0.6 is 0 Å². The van der Waals surface area contributed by atoms with Gasteiger partial charge in [0.15, 0.2) is 0 Å². The van der Waals surface area contributed by atoms with Crippen LogP contribution in [0.15, 0.2) is 54.1 Å². The Bertz CT molecular complexity index is 1100. The normalized spacial score (nSPS) is 17.9. The van der Waals surface area contributed by atoms with Gasteiger partial charge in [-0.2, -0.15) is 0 Å². The van der Waals surface area contributed by atoms with E-state index in [1.807, 2.05) is 24.3 Å². The first-order valence-corrected chi connectivity index (χ1v) is 10.9. The molecule has 2 N–H and O–H groups in total. The third kappa shape index (κ3) is 5.16. The van der Waals surface area contributed by atoms with Crippen LogP contribution in [0.2, 0.25) is 0 Å². The molecule has 0 bridgehead atoms. The molecule has 1 aliphatic heterocycles. The highest BCUT2D eigenvalue weighted by Crippen LogP contribution is 2.40. The summed E-state index contributed by atoms with van der Waals surface area (Å²) in [5, 5.41) is 30.9. The molecule has 1 amide bonds. The van der Waals surface area contributed by atoms with Gasteiger partial charge in [-0.05, 0) is 28.7 Å². The number of benzene rings is 2. The van der Waals surface area contributed by atoms with Gasteiger partial charge in [0.1, 0.15) is 5.76 Å². The summed E-state index contributed by atoms with van der Waals surface area (Å²) in [6, 6.07) is 11.7. The second kappa shape index (κ2) is 10.1. The van der Waals surface area contributed by atoms with Crippen molar-refractivity contribution in [3.63, 3.8) is 0 Å². The summed E-state index contributed by atoms with van der Waals surface area (Å²) >= 11 is 0. The Kier molecular flexibility index (Phi) is 7.48. The summed E-state index contributed by atoms with van der Waals surface area (Å²) < 4.78 is 5.29. The standard InChI is InChI=1S/C25H28N2O7/c1-25(2,3)18-8-4-16(5-9-18)21-20(22(29)17-6-10-19(11-7-17)27(32)33)23(30)24(31)26(21)12-14-34-15-13-28/h4-11,21,28-29H,12-15H2,1-3H3/t21-/m1/s1. The fourth-order valence-electron chi connectivity index (χ4n) is 3.85. The topological polar surface area (TPSA) is 130 Å². The molecule has 1 heterocycles. The van der Waals surface area contributed by atoms with E-state index in [1.54, 1.807) is 0 Å². The number of aliphatic hydroxyl groups excluding tert-OH is 2. The summed E-state index contributed by atoms with van der Waals surface area (Å²) in [6.45, 7) is 6.31. The molecular formula is C25H28N2O7. The van der Waals surface area contributed by atoms with Gasteiger partial charge in [0.25, 0.3) is 17.4 Å². The van der Waals surface area contributed by atoms with E-state index >= 15 is 0 Å². The summed E-state index contributed by atoms with van der Waals surface area (Å²) in [7, 11) is 0. The van der Waals surface area contributed by atoms with Crippen LogP contribution in [0.1, 0.15) is 43.5 Å². The first-order chi connectivity index (χ1) is 16.1. The number of Topliss-reactive ketones (excluding diaryl/α,β-unsaturated/α-hetero) is 1. The van der Waals surface area contributed by atoms with Gasteiger partial charge in [-0.3, -0.25) is 19.7 Å². The molecule has 2 aromatic rings. The number of non-ortho nitro benzene ring substituents is 1. The second-order valence-corrected chi connectivity index (χ2v) is 9.00. The lowest BCUT2D eigenvalue weighted by atomic mass is 9.85. The molecule has 1 fully saturated rings. The van der Waals surface area contributed by atoms with Gasteiger partial charge in [-0.15, -0.1) is 0 Å². The lowest BCUT2D eigenvalue weighted by Crippen LogP contribution is -2.33. The highest BCUT2D eigenvalue weighted by Gasteiger charge is 2.46. The van der Waals surface area contributed by atoms with E-state index in [0.29, 0.717) is 5.56 Å². The molecule has 0 unspecified atom stereocenters. The van der Waals surface area contributed by atoms with Crippen LogP contribution < -0.4 is 0 Å². The van der Waals surface area contributed by atoms with E-state index in [4.69, 9.17) is 9.84 Å². The Morgan fingerprint density at radius 2 is 1.68 bits per heavy atom. The molecule has 1 atom stereocenters. The van der Waals surface area contributed by atoms with Crippen LogP contribution in [0.25, 0.3) is 5.76 Å². The summed E-state index contributed by atoms with van der Waals surface area (Å²) in [4.78, 5) is 37.6. The van der Waals surface area contributed by atoms with Crippen molar-refractivity contribution in [2.45, 2.75) is 32.2 Å². The van der Waals surface area contributed by atoms with E-state index in [9.17, 15) is 24.8 Å². The molecule has 0 saturated carbocycles. The minimum Gasteiger partial charge on any atom is -0.507 e. The quantitative estimate of drug-likeness (QED) is 0.152. The molecular weight excluding hydrogens is 440 g/mol. The number of aliphatic hydroxyl groups is 2. The number of nitrogens with zero attached hydrogens (tertiary/aromatic N) is 2. The van der Waals surface area contributed by atoms with Gasteiger partial charge >= 0.3 is 0 Å². The first-order valence-electron chi connectivity index (χ1n) is 10.9. The average Bonchev–Trinajstić information content (AvgIpc) is 3.06. The zero-order chi connectivity index (χ0) is 25.0. The van der Waals surface area contributed by atoms with Gasteiger partial charge in [0, 0.05) is 24.2 Å². The summed E-state index contributed by atoms with van der Waals surface area (Å²) in [5.41, 5.74) is 1.54. The van der Waals surface area contributed by atoms with E-state index in [-0.39, 0.29) is 48.6 Å². The third-order valence-electron chi connectivity index (χ3n) is 5.70. The molecule has 3 rings (SSSR count). The van der Waals surface area contributed by atoms with Crippen LogP contribution in [0.5, 0.6) is 0 Å². The molecule has 0 radical (unpaired) electrons. The fraction of sp³-hybridized carbons (Fsp3) is 0.360. The number of nitro benzene ring substituents is 1. The van der Waals surface area contributed by atoms with Gasteiger partial charge in [0.2, 0.25) is 0 Å². The average molecular weight is 469 g/mol. The number of hydrogen-bond donors (Lipinski definition) is 2. The van der Waals surface area contributed by atoms with Crippen LogP contribution in [-0.4, -0.2) is 58.1 Å². The van der Waals surface area contributed by atoms with Crippen LogP contribution in [0, 0.1) is 10.1 Å².